The number of ether oxygens (including phenoxy) is 1. The first-order valence-corrected chi connectivity index (χ1v) is 14.2. The van der Waals surface area contributed by atoms with E-state index in [9.17, 15) is 14.7 Å². The predicted molar refractivity (Wildman–Crippen MR) is 111 cm³/mol. The highest BCUT2D eigenvalue weighted by Crippen LogP contribution is 2.28. The van der Waals surface area contributed by atoms with Crippen LogP contribution in [0.4, 0.5) is 0 Å². The summed E-state index contributed by atoms with van der Waals surface area (Å²) in [5, 5.41) is 9.34. The van der Waals surface area contributed by atoms with Crippen LogP contribution >= 0.6 is 0 Å². The zero-order chi connectivity index (χ0) is 19.8. The van der Waals surface area contributed by atoms with Crippen molar-refractivity contribution in [3.8, 4) is 0 Å². The van der Waals surface area contributed by atoms with E-state index in [2.05, 4.69) is 26.6 Å². The second-order valence-electron chi connectivity index (χ2n) is 8.55. The number of carbonyl (C=O) groups is 2. The average Bonchev–Trinajstić information content (AvgIpc) is 2.54. The first-order valence-electron chi connectivity index (χ1n) is 10.7. The molecule has 0 aromatic heterocycles. The van der Waals surface area contributed by atoms with Gasteiger partial charge in [0.15, 0.2) is 0 Å². The molecule has 0 aromatic rings. The van der Waals surface area contributed by atoms with Crippen LogP contribution in [0.15, 0.2) is 0 Å². The quantitative estimate of drug-likeness (QED) is 0.178. The van der Waals surface area contributed by atoms with Gasteiger partial charge in [0, 0.05) is 6.42 Å². The van der Waals surface area contributed by atoms with Gasteiger partial charge < -0.3 is 9.84 Å². The lowest BCUT2D eigenvalue weighted by atomic mass is 10.1. The predicted octanol–water partition coefficient (Wildman–Crippen LogP) is 6.41. The fourth-order valence-electron chi connectivity index (χ4n) is 3.22. The molecular formula is C21H42O4Si. The molecule has 5 heteroatoms. The van der Waals surface area contributed by atoms with E-state index in [0.29, 0.717) is 13.0 Å². The van der Waals surface area contributed by atoms with Crippen molar-refractivity contribution in [2.45, 2.75) is 116 Å². The molecule has 0 bridgehead atoms. The molecule has 0 radical (unpaired) electrons. The molecule has 0 fully saturated rings. The average molecular weight is 387 g/mol. The van der Waals surface area contributed by atoms with Gasteiger partial charge in [0.25, 0.3) is 0 Å². The third-order valence-electron chi connectivity index (χ3n) is 4.98. The highest BCUT2D eigenvalue weighted by atomic mass is 28.3. The summed E-state index contributed by atoms with van der Waals surface area (Å²) in [6, 6.07) is 0. The molecule has 0 aliphatic rings. The monoisotopic (exact) mass is 386 g/mol. The van der Waals surface area contributed by atoms with Crippen molar-refractivity contribution in [1.82, 2.24) is 0 Å². The first kappa shape index (κ1) is 25.2. The van der Waals surface area contributed by atoms with Crippen LogP contribution in [-0.4, -0.2) is 31.7 Å². The van der Waals surface area contributed by atoms with Gasteiger partial charge in [-0.3, -0.25) is 9.59 Å². The molecule has 0 aliphatic carbocycles. The Hall–Kier alpha value is -0.843. The van der Waals surface area contributed by atoms with E-state index in [4.69, 9.17) is 4.74 Å². The molecule has 0 rings (SSSR count). The van der Waals surface area contributed by atoms with Gasteiger partial charge in [-0.1, -0.05) is 84.4 Å². The standard InChI is InChI=1S/C21H42O4Si/c1-5-6-7-8-11-14-17-20(22)25-18-15-12-9-10-13-16-19(21(23)24)26(2,3)4/h19H,5-18H2,1-4H3,(H,23,24). The van der Waals surface area contributed by atoms with Gasteiger partial charge in [-0.25, -0.2) is 0 Å². The minimum atomic E-state index is -1.62. The fourth-order valence-corrected chi connectivity index (χ4v) is 5.03. The van der Waals surface area contributed by atoms with E-state index in [1.165, 1.54) is 25.7 Å². The highest BCUT2D eigenvalue weighted by Gasteiger charge is 2.31. The Morgan fingerprint density at radius 3 is 1.96 bits per heavy atom. The number of carboxylic acids is 1. The largest absolute Gasteiger partial charge is 0.481 e. The second-order valence-corrected chi connectivity index (χ2v) is 14.0. The van der Waals surface area contributed by atoms with Crippen molar-refractivity contribution in [1.29, 1.82) is 0 Å². The number of hydrogen-bond acceptors (Lipinski definition) is 3. The van der Waals surface area contributed by atoms with Crippen molar-refractivity contribution in [3.63, 3.8) is 0 Å². The van der Waals surface area contributed by atoms with Crippen LogP contribution in [-0.2, 0) is 14.3 Å². The van der Waals surface area contributed by atoms with Gasteiger partial charge in [-0.2, -0.15) is 0 Å². The third-order valence-corrected chi connectivity index (χ3v) is 7.60. The van der Waals surface area contributed by atoms with Crippen molar-refractivity contribution in [2.75, 3.05) is 6.61 Å². The van der Waals surface area contributed by atoms with Gasteiger partial charge >= 0.3 is 11.9 Å². The van der Waals surface area contributed by atoms with Gasteiger partial charge in [-0.15, -0.1) is 0 Å². The molecule has 1 N–H and O–H groups in total. The van der Waals surface area contributed by atoms with E-state index in [1.54, 1.807) is 0 Å². The Morgan fingerprint density at radius 2 is 1.38 bits per heavy atom. The van der Waals surface area contributed by atoms with E-state index < -0.39 is 14.0 Å². The maximum Gasteiger partial charge on any atom is 0.305 e. The van der Waals surface area contributed by atoms with Gasteiger partial charge in [0.05, 0.1) is 20.2 Å². The maximum absolute atomic E-state index is 11.6. The Labute approximate surface area is 162 Å². The SMILES string of the molecule is CCCCCCCCC(=O)OCCCCCCCC(C(=O)O)[Si](C)(C)C. The molecule has 0 saturated heterocycles. The van der Waals surface area contributed by atoms with Crippen molar-refractivity contribution < 1.29 is 19.4 Å². The lowest BCUT2D eigenvalue weighted by Gasteiger charge is -2.24. The molecule has 154 valence electrons. The fraction of sp³-hybridized carbons (Fsp3) is 0.905. The molecular weight excluding hydrogens is 344 g/mol. The molecule has 0 aliphatic heterocycles. The van der Waals surface area contributed by atoms with E-state index in [-0.39, 0.29) is 11.5 Å². The summed E-state index contributed by atoms with van der Waals surface area (Å²) in [6.07, 6.45) is 13.6. The zero-order valence-electron chi connectivity index (χ0n) is 17.6. The maximum atomic E-state index is 11.6. The molecule has 0 amide bonds. The molecule has 1 atom stereocenters. The molecule has 0 aromatic carbocycles. The minimum absolute atomic E-state index is 0.0556. The second kappa shape index (κ2) is 15.2. The molecule has 0 spiro atoms. The highest BCUT2D eigenvalue weighted by molar-refractivity contribution is 6.80. The Kier molecular flexibility index (Phi) is 14.7. The third kappa shape index (κ3) is 14.3. The number of unbranched alkanes of at least 4 members (excludes halogenated alkanes) is 9. The van der Waals surface area contributed by atoms with Crippen molar-refractivity contribution >= 4 is 20.0 Å². The lowest BCUT2D eigenvalue weighted by molar-refractivity contribution is -0.144. The zero-order valence-corrected chi connectivity index (χ0v) is 18.6. The van der Waals surface area contributed by atoms with Gasteiger partial charge in [-0.05, 0) is 19.3 Å². The number of aliphatic carboxylic acids is 1. The molecule has 0 heterocycles. The lowest BCUT2D eigenvalue weighted by Crippen LogP contribution is -2.33. The van der Waals surface area contributed by atoms with E-state index in [0.717, 1.165) is 51.4 Å². The first-order chi connectivity index (χ1) is 12.3. The van der Waals surface area contributed by atoms with Gasteiger partial charge in [0.2, 0.25) is 0 Å². The van der Waals surface area contributed by atoms with Gasteiger partial charge in [0.1, 0.15) is 0 Å². The summed E-state index contributed by atoms with van der Waals surface area (Å²) in [7, 11) is -1.62. The number of hydrogen-bond donors (Lipinski definition) is 1. The smallest absolute Gasteiger partial charge is 0.305 e. The molecule has 0 saturated carbocycles. The summed E-state index contributed by atoms with van der Waals surface area (Å²) >= 11 is 0. The number of carbonyl (C=O) groups excluding carboxylic acids is 1. The summed E-state index contributed by atoms with van der Waals surface area (Å²) in [6.45, 7) is 9.13. The van der Waals surface area contributed by atoms with E-state index in [1.807, 2.05) is 0 Å². The molecule has 26 heavy (non-hydrogen) atoms. The number of esters is 1. The summed E-state index contributed by atoms with van der Waals surface area (Å²) in [4.78, 5) is 23.0. The van der Waals surface area contributed by atoms with Crippen molar-refractivity contribution in [2.24, 2.45) is 0 Å². The van der Waals surface area contributed by atoms with Crippen LogP contribution in [0.25, 0.3) is 0 Å². The van der Waals surface area contributed by atoms with Crippen LogP contribution in [0.2, 0.25) is 25.2 Å². The molecule has 4 nitrogen and oxygen atoms in total. The minimum Gasteiger partial charge on any atom is -0.481 e. The van der Waals surface area contributed by atoms with Crippen LogP contribution in [0.1, 0.15) is 90.4 Å². The van der Waals surface area contributed by atoms with Crippen LogP contribution in [0.5, 0.6) is 0 Å². The van der Waals surface area contributed by atoms with E-state index >= 15 is 0 Å². The summed E-state index contributed by atoms with van der Waals surface area (Å²) < 4.78 is 5.28. The van der Waals surface area contributed by atoms with Crippen LogP contribution in [0, 0.1) is 0 Å². The summed E-state index contributed by atoms with van der Waals surface area (Å²) in [5.41, 5.74) is -0.134. The Balaban J connectivity index is 3.50. The molecule has 1 unspecified atom stereocenters. The normalized spacial score (nSPS) is 12.8. The van der Waals surface area contributed by atoms with Crippen LogP contribution in [0.3, 0.4) is 0 Å². The Morgan fingerprint density at radius 1 is 0.846 bits per heavy atom. The Bertz CT molecular complexity index is 377. The van der Waals surface area contributed by atoms with Crippen molar-refractivity contribution in [3.05, 3.63) is 0 Å². The number of carboxylic acid groups (broad SMARTS) is 1. The topological polar surface area (TPSA) is 63.6 Å². The summed E-state index contributed by atoms with van der Waals surface area (Å²) in [5.74, 6) is -0.679. The number of rotatable bonds is 17. The van der Waals surface area contributed by atoms with Crippen LogP contribution < -0.4 is 0 Å².